The van der Waals surface area contributed by atoms with E-state index in [-0.39, 0.29) is 41.1 Å². The lowest BCUT2D eigenvalue weighted by molar-refractivity contribution is -0.142. The van der Waals surface area contributed by atoms with Gasteiger partial charge in [-0.25, -0.2) is 8.42 Å². The van der Waals surface area contributed by atoms with Gasteiger partial charge in [0.2, 0.25) is 15.9 Å². The van der Waals surface area contributed by atoms with Gasteiger partial charge in [-0.15, -0.1) is 0 Å². The lowest BCUT2D eigenvalue weighted by Gasteiger charge is -2.35. The fourth-order valence-corrected chi connectivity index (χ4v) is 6.39. The van der Waals surface area contributed by atoms with E-state index in [1.807, 2.05) is 13.8 Å². The smallest absolute Gasteiger partial charge is 0.389 e. The van der Waals surface area contributed by atoms with E-state index in [0.717, 1.165) is 0 Å². The number of ether oxygens (including phenoxy) is 2. The molecule has 15 heteroatoms. The number of alkyl halides is 3. The van der Waals surface area contributed by atoms with Crippen LogP contribution in [0.3, 0.4) is 0 Å². The summed E-state index contributed by atoms with van der Waals surface area (Å²) >= 11 is 5.94. The molecule has 0 fully saturated rings. The summed E-state index contributed by atoms with van der Waals surface area (Å²) in [7, 11) is -2.45. The van der Waals surface area contributed by atoms with Crippen LogP contribution < -0.4 is 10.1 Å². The number of anilines is 1. The molecule has 1 heterocycles. The summed E-state index contributed by atoms with van der Waals surface area (Å²) in [5.74, 6) is -1.62. The van der Waals surface area contributed by atoms with E-state index < -0.39 is 65.5 Å². The zero-order chi connectivity index (χ0) is 34.9. The number of fused-ring (bicyclic) bond motifs is 1. The monoisotopic (exact) mass is 705 g/mol. The molecule has 0 aliphatic carbocycles. The molecule has 47 heavy (non-hydrogen) atoms. The standard InChI is InChI=1S/C32H43ClF3N3O7S/c1-21-18-39(22(2)20-40)31(42)27-17-25(37-30(41)14-15-32(34,35)36)10-13-28(27)46-23(3)7-5-6-16-45-29(21)19-38(4)47(43,44)26-11-8-24(33)9-12-26/h8-13,17,21-23,29,40H,5-7,14-16,18-20H2,1-4H3,(H,37,41)/t21-,22-,23+,29+/m0/s1. The summed E-state index contributed by atoms with van der Waals surface area (Å²) in [6.07, 6.45) is -5.55. The van der Waals surface area contributed by atoms with Crippen molar-refractivity contribution >= 4 is 39.1 Å². The first-order valence-corrected chi connectivity index (χ1v) is 17.3. The Morgan fingerprint density at radius 2 is 1.85 bits per heavy atom. The van der Waals surface area contributed by atoms with Crippen LogP contribution in [0.4, 0.5) is 18.9 Å². The second-order valence-corrected chi connectivity index (χ2v) is 14.4. The van der Waals surface area contributed by atoms with Crippen molar-refractivity contribution in [3.8, 4) is 5.75 Å². The maximum Gasteiger partial charge on any atom is 0.389 e. The lowest BCUT2D eigenvalue weighted by atomic mass is 10.0. The summed E-state index contributed by atoms with van der Waals surface area (Å²) in [4.78, 5) is 27.9. The number of hydrogen-bond acceptors (Lipinski definition) is 7. The summed E-state index contributed by atoms with van der Waals surface area (Å²) in [6.45, 7) is 5.28. The van der Waals surface area contributed by atoms with Gasteiger partial charge in [-0.3, -0.25) is 9.59 Å². The van der Waals surface area contributed by atoms with Gasteiger partial charge in [-0.2, -0.15) is 17.5 Å². The average molecular weight is 706 g/mol. The van der Waals surface area contributed by atoms with Crippen molar-refractivity contribution in [1.82, 2.24) is 9.21 Å². The number of nitrogens with zero attached hydrogens (tertiary/aromatic N) is 2. The zero-order valence-corrected chi connectivity index (χ0v) is 28.5. The van der Waals surface area contributed by atoms with Gasteiger partial charge in [0.25, 0.3) is 5.91 Å². The topological polar surface area (TPSA) is 125 Å². The molecule has 1 aliphatic rings. The van der Waals surface area contributed by atoms with Crippen molar-refractivity contribution in [1.29, 1.82) is 0 Å². The van der Waals surface area contributed by atoms with Gasteiger partial charge in [0.05, 0.1) is 41.7 Å². The molecule has 2 aromatic rings. The molecule has 0 bridgehead atoms. The number of amides is 2. The number of carbonyl (C=O) groups excluding carboxylic acids is 2. The molecular weight excluding hydrogens is 663 g/mol. The number of nitrogens with one attached hydrogen (secondary N) is 1. The highest BCUT2D eigenvalue weighted by Crippen LogP contribution is 2.29. The van der Waals surface area contributed by atoms with Gasteiger partial charge in [-0.05, 0) is 75.6 Å². The first kappa shape index (κ1) is 38.5. The molecule has 4 atom stereocenters. The highest BCUT2D eigenvalue weighted by molar-refractivity contribution is 7.89. The number of hydrogen-bond donors (Lipinski definition) is 2. The number of benzene rings is 2. The van der Waals surface area contributed by atoms with E-state index in [9.17, 15) is 36.3 Å². The third kappa shape index (κ3) is 11.3. The van der Waals surface area contributed by atoms with E-state index >= 15 is 0 Å². The number of likely N-dealkylation sites (N-methyl/N-ethyl adjacent to an activating group) is 1. The van der Waals surface area contributed by atoms with Crippen LogP contribution in [0.2, 0.25) is 5.02 Å². The minimum absolute atomic E-state index is 0.0220. The Balaban J connectivity index is 1.94. The van der Waals surface area contributed by atoms with Crippen molar-refractivity contribution in [2.75, 3.05) is 38.7 Å². The Labute approximate surface area is 279 Å². The van der Waals surface area contributed by atoms with Gasteiger partial charge in [0.1, 0.15) is 5.75 Å². The molecule has 262 valence electrons. The van der Waals surface area contributed by atoms with E-state index in [1.165, 1.54) is 58.7 Å². The highest BCUT2D eigenvalue weighted by Gasteiger charge is 2.33. The van der Waals surface area contributed by atoms with Gasteiger partial charge < -0.3 is 24.8 Å². The number of carbonyl (C=O) groups is 2. The predicted molar refractivity (Wildman–Crippen MR) is 172 cm³/mol. The molecule has 0 radical (unpaired) electrons. The molecule has 3 rings (SSSR count). The zero-order valence-electron chi connectivity index (χ0n) is 26.9. The van der Waals surface area contributed by atoms with Crippen LogP contribution in [0.5, 0.6) is 5.75 Å². The molecule has 1 aliphatic heterocycles. The SMILES string of the molecule is C[C@@H]1CCCCO[C@H](CN(C)S(=O)(=O)c2ccc(Cl)cc2)[C@@H](C)CN([C@@H](C)CO)C(=O)c2cc(NC(=O)CCC(F)(F)F)ccc2O1. The summed E-state index contributed by atoms with van der Waals surface area (Å²) in [5, 5.41) is 12.9. The molecule has 0 saturated carbocycles. The number of aliphatic hydroxyl groups is 1. The predicted octanol–water partition coefficient (Wildman–Crippen LogP) is 5.74. The number of rotatable bonds is 9. The summed E-state index contributed by atoms with van der Waals surface area (Å²) < 4.78 is 78.2. The van der Waals surface area contributed by atoms with Gasteiger partial charge in [0.15, 0.2) is 0 Å². The van der Waals surface area contributed by atoms with Crippen molar-refractivity contribution in [3.05, 3.63) is 53.1 Å². The Bertz CT molecular complexity index is 1460. The second kappa shape index (κ2) is 17.0. The van der Waals surface area contributed by atoms with E-state index in [4.69, 9.17) is 21.1 Å². The van der Waals surface area contributed by atoms with Crippen molar-refractivity contribution < 1.29 is 45.8 Å². The molecule has 2 N–H and O–H groups in total. The largest absolute Gasteiger partial charge is 0.490 e. The van der Waals surface area contributed by atoms with Crippen LogP contribution in [0.1, 0.15) is 63.2 Å². The van der Waals surface area contributed by atoms with Crippen LogP contribution in [0.15, 0.2) is 47.4 Å². The van der Waals surface area contributed by atoms with E-state index in [1.54, 1.807) is 6.92 Å². The van der Waals surface area contributed by atoms with Gasteiger partial charge in [0, 0.05) is 49.8 Å². The molecule has 0 unspecified atom stereocenters. The highest BCUT2D eigenvalue weighted by atomic mass is 35.5. The first-order valence-electron chi connectivity index (χ1n) is 15.4. The van der Waals surface area contributed by atoms with Crippen LogP contribution >= 0.6 is 11.6 Å². The fraction of sp³-hybridized carbons (Fsp3) is 0.562. The third-order valence-corrected chi connectivity index (χ3v) is 10.0. The average Bonchev–Trinajstić information content (AvgIpc) is 3.01. The van der Waals surface area contributed by atoms with Crippen molar-refractivity contribution in [3.63, 3.8) is 0 Å². The normalized spacial score (nSPS) is 21.0. The minimum Gasteiger partial charge on any atom is -0.490 e. The molecule has 0 aromatic heterocycles. The van der Waals surface area contributed by atoms with Crippen LogP contribution in [-0.4, -0.2) is 92.3 Å². The van der Waals surface area contributed by atoms with Crippen LogP contribution in [0.25, 0.3) is 0 Å². The van der Waals surface area contributed by atoms with Crippen molar-refractivity contribution in [2.45, 2.75) is 82.2 Å². The lowest BCUT2D eigenvalue weighted by Crippen LogP contribution is -2.48. The Morgan fingerprint density at radius 1 is 1.17 bits per heavy atom. The third-order valence-electron chi connectivity index (χ3n) is 7.93. The summed E-state index contributed by atoms with van der Waals surface area (Å²) in [5.41, 5.74) is 0.163. The molecule has 2 aromatic carbocycles. The van der Waals surface area contributed by atoms with E-state index in [0.29, 0.717) is 30.9 Å². The molecule has 10 nitrogen and oxygen atoms in total. The molecule has 0 spiro atoms. The summed E-state index contributed by atoms with van der Waals surface area (Å²) in [6, 6.07) is 9.43. The maximum absolute atomic E-state index is 14.2. The van der Waals surface area contributed by atoms with Gasteiger partial charge >= 0.3 is 6.18 Å². The Hall–Kier alpha value is -2.91. The molecule has 2 amide bonds. The number of sulfonamides is 1. The maximum atomic E-state index is 14.2. The first-order chi connectivity index (χ1) is 22.0. The van der Waals surface area contributed by atoms with Gasteiger partial charge in [-0.1, -0.05) is 18.5 Å². The molecular formula is C32H43ClF3N3O7S. The van der Waals surface area contributed by atoms with Crippen LogP contribution in [0, 0.1) is 5.92 Å². The fourth-order valence-electron chi connectivity index (χ4n) is 5.08. The molecule has 0 saturated heterocycles. The number of aliphatic hydroxyl groups excluding tert-OH is 1. The number of halogens is 4. The van der Waals surface area contributed by atoms with Crippen LogP contribution in [-0.2, 0) is 19.6 Å². The minimum atomic E-state index is -4.50. The Kier molecular flexibility index (Phi) is 13.9. The Morgan fingerprint density at radius 3 is 2.49 bits per heavy atom. The van der Waals surface area contributed by atoms with Crippen molar-refractivity contribution in [2.24, 2.45) is 5.92 Å². The second-order valence-electron chi connectivity index (χ2n) is 11.9. The van der Waals surface area contributed by atoms with E-state index in [2.05, 4.69) is 5.32 Å². The quantitative estimate of drug-likeness (QED) is 0.341.